The molecule has 0 aliphatic rings. The minimum atomic E-state index is -4.26. The zero-order valence-corrected chi connectivity index (χ0v) is 28.8. The fourth-order valence-corrected chi connectivity index (χ4v) is 7.14. The average molecular weight is 732 g/mol. The molecule has 11 heteroatoms. The predicted molar refractivity (Wildman–Crippen MR) is 184 cm³/mol. The van der Waals surface area contributed by atoms with Gasteiger partial charge in [0.05, 0.1) is 10.6 Å². The molecule has 7 nitrogen and oxygen atoms in total. The van der Waals surface area contributed by atoms with Gasteiger partial charge in [0.15, 0.2) is 0 Å². The fraction of sp³-hybridized carbons (Fsp3) is 0.235. The number of nitrogens with one attached hydrogen (secondary N) is 1. The van der Waals surface area contributed by atoms with Crippen LogP contribution in [0.15, 0.2) is 112 Å². The standard InChI is InChI=1S/C34H34BrCl2N3O4S/c1-3-24(2)38-34(42)32(18-25-11-6-4-7-12-25)39(22-26-13-10-14-27(35)17-26)33(41)23-40(30-20-28(36)19-29(37)21-30)45(43,44)31-15-8-5-9-16-31/h4-17,19-21,24,32H,3,18,22-23H2,1-2H3,(H,38,42)/t24-,32-/m0/s1. The molecule has 2 atom stereocenters. The van der Waals surface area contributed by atoms with E-state index in [-0.39, 0.29) is 45.5 Å². The van der Waals surface area contributed by atoms with Gasteiger partial charge in [-0.25, -0.2) is 8.42 Å². The van der Waals surface area contributed by atoms with Crippen LogP contribution in [0.5, 0.6) is 0 Å². The van der Waals surface area contributed by atoms with Crippen LogP contribution in [0.4, 0.5) is 5.69 Å². The maximum absolute atomic E-state index is 14.5. The Morgan fingerprint density at radius 1 is 0.844 bits per heavy atom. The van der Waals surface area contributed by atoms with Gasteiger partial charge < -0.3 is 10.2 Å². The van der Waals surface area contributed by atoms with Crippen molar-refractivity contribution >= 4 is 66.7 Å². The van der Waals surface area contributed by atoms with Crippen molar-refractivity contribution in [3.8, 4) is 0 Å². The van der Waals surface area contributed by atoms with Crippen molar-refractivity contribution in [2.45, 2.75) is 50.2 Å². The highest BCUT2D eigenvalue weighted by atomic mass is 79.9. The van der Waals surface area contributed by atoms with E-state index in [1.165, 1.54) is 35.2 Å². The number of nitrogens with zero attached hydrogens (tertiary/aromatic N) is 2. The fourth-order valence-electron chi connectivity index (χ4n) is 4.76. The molecule has 1 N–H and O–H groups in total. The molecule has 0 unspecified atom stereocenters. The van der Waals surface area contributed by atoms with Crippen LogP contribution in [0.1, 0.15) is 31.4 Å². The molecule has 0 bridgehead atoms. The molecule has 45 heavy (non-hydrogen) atoms. The molecule has 0 aliphatic carbocycles. The van der Waals surface area contributed by atoms with E-state index < -0.39 is 28.5 Å². The van der Waals surface area contributed by atoms with Gasteiger partial charge in [-0.2, -0.15) is 0 Å². The Hall–Kier alpha value is -3.37. The third kappa shape index (κ3) is 9.33. The third-order valence-corrected chi connectivity index (χ3v) is 9.98. The minimum Gasteiger partial charge on any atom is -0.352 e. The lowest BCUT2D eigenvalue weighted by Gasteiger charge is -2.34. The lowest BCUT2D eigenvalue weighted by atomic mass is 10.0. The second-order valence-electron chi connectivity index (χ2n) is 10.6. The van der Waals surface area contributed by atoms with Gasteiger partial charge in [-0.3, -0.25) is 13.9 Å². The second kappa shape index (κ2) is 15.8. The highest BCUT2D eigenvalue weighted by Crippen LogP contribution is 2.30. The van der Waals surface area contributed by atoms with E-state index in [1.807, 2.05) is 68.4 Å². The van der Waals surface area contributed by atoms with Crippen molar-refractivity contribution in [2.24, 2.45) is 0 Å². The molecule has 236 valence electrons. The summed E-state index contributed by atoms with van der Waals surface area (Å²) in [6.07, 6.45) is 0.916. The largest absolute Gasteiger partial charge is 0.352 e. The number of hydrogen-bond donors (Lipinski definition) is 1. The van der Waals surface area contributed by atoms with Crippen LogP contribution in [0.2, 0.25) is 10.0 Å². The highest BCUT2D eigenvalue weighted by Gasteiger charge is 2.35. The summed E-state index contributed by atoms with van der Waals surface area (Å²) < 4.78 is 30.0. The van der Waals surface area contributed by atoms with Crippen molar-refractivity contribution in [2.75, 3.05) is 10.8 Å². The van der Waals surface area contributed by atoms with Gasteiger partial charge in [-0.1, -0.05) is 107 Å². The van der Waals surface area contributed by atoms with Crippen LogP contribution in [0, 0.1) is 0 Å². The Morgan fingerprint density at radius 2 is 1.44 bits per heavy atom. The number of sulfonamides is 1. The van der Waals surface area contributed by atoms with Gasteiger partial charge in [-0.15, -0.1) is 0 Å². The van der Waals surface area contributed by atoms with Crippen LogP contribution < -0.4 is 9.62 Å². The first kappa shape index (κ1) is 34.5. The van der Waals surface area contributed by atoms with Crippen LogP contribution in [0.3, 0.4) is 0 Å². The van der Waals surface area contributed by atoms with Crippen LogP contribution in [0.25, 0.3) is 0 Å². The SMILES string of the molecule is CC[C@H](C)NC(=O)[C@H](Cc1ccccc1)N(Cc1cccc(Br)c1)C(=O)CN(c1cc(Cl)cc(Cl)c1)S(=O)(=O)c1ccccc1. The molecule has 4 aromatic rings. The van der Waals surface area contributed by atoms with Gasteiger partial charge in [-0.05, 0) is 66.9 Å². The molecule has 4 aromatic carbocycles. The molecule has 0 saturated heterocycles. The molecule has 0 aromatic heterocycles. The highest BCUT2D eigenvalue weighted by molar-refractivity contribution is 9.10. The number of hydrogen-bond acceptors (Lipinski definition) is 4. The van der Waals surface area contributed by atoms with Crippen LogP contribution >= 0.6 is 39.1 Å². The van der Waals surface area contributed by atoms with E-state index in [2.05, 4.69) is 21.2 Å². The van der Waals surface area contributed by atoms with Gasteiger partial charge in [0.25, 0.3) is 10.0 Å². The zero-order valence-electron chi connectivity index (χ0n) is 24.9. The van der Waals surface area contributed by atoms with Gasteiger partial charge in [0.2, 0.25) is 11.8 Å². The maximum Gasteiger partial charge on any atom is 0.264 e. The summed E-state index contributed by atoms with van der Waals surface area (Å²) in [5.41, 5.74) is 1.73. The first-order chi connectivity index (χ1) is 21.5. The van der Waals surface area contributed by atoms with Crippen LogP contribution in [-0.4, -0.2) is 43.8 Å². The number of carbonyl (C=O) groups is 2. The summed E-state index contributed by atoms with van der Waals surface area (Å²) in [5, 5.41) is 3.44. The molecule has 4 rings (SSSR count). The summed E-state index contributed by atoms with van der Waals surface area (Å²) >= 11 is 16.1. The van der Waals surface area contributed by atoms with E-state index in [4.69, 9.17) is 23.2 Å². The quantitative estimate of drug-likeness (QED) is 0.154. The van der Waals surface area contributed by atoms with Crippen molar-refractivity contribution < 1.29 is 18.0 Å². The predicted octanol–water partition coefficient (Wildman–Crippen LogP) is 7.51. The Morgan fingerprint density at radius 3 is 2.04 bits per heavy atom. The summed E-state index contributed by atoms with van der Waals surface area (Å²) in [6.45, 7) is 3.31. The minimum absolute atomic E-state index is 0.0113. The van der Waals surface area contributed by atoms with Crippen molar-refractivity contribution in [1.82, 2.24) is 10.2 Å². The summed E-state index contributed by atoms with van der Waals surface area (Å²) in [4.78, 5) is 29.9. The van der Waals surface area contributed by atoms with Gasteiger partial charge >= 0.3 is 0 Å². The number of halogens is 3. The average Bonchev–Trinajstić information content (AvgIpc) is 3.01. The Kier molecular flexibility index (Phi) is 12.1. The number of benzene rings is 4. The van der Waals surface area contributed by atoms with E-state index in [9.17, 15) is 18.0 Å². The number of anilines is 1. The molecule has 0 spiro atoms. The molecular formula is C34H34BrCl2N3O4S. The molecule has 0 fully saturated rings. The molecule has 0 radical (unpaired) electrons. The van der Waals surface area contributed by atoms with Gasteiger partial charge in [0.1, 0.15) is 12.6 Å². The van der Waals surface area contributed by atoms with Crippen molar-refractivity contribution in [3.63, 3.8) is 0 Å². The van der Waals surface area contributed by atoms with E-state index in [1.54, 1.807) is 18.2 Å². The third-order valence-electron chi connectivity index (χ3n) is 7.26. The van der Waals surface area contributed by atoms with Crippen molar-refractivity contribution in [1.29, 1.82) is 0 Å². The molecule has 0 aliphatic heterocycles. The number of rotatable bonds is 13. The van der Waals surface area contributed by atoms with E-state index in [0.29, 0.717) is 6.42 Å². The molecular weight excluding hydrogens is 697 g/mol. The zero-order chi connectivity index (χ0) is 32.6. The summed E-state index contributed by atoms with van der Waals surface area (Å²) in [6, 6.07) is 27.9. The van der Waals surface area contributed by atoms with Crippen LogP contribution in [-0.2, 0) is 32.6 Å². The molecule has 0 saturated carbocycles. The van der Waals surface area contributed by atoms with E-state index >= 15 is 0 Å². The van der Waals surface area contributed by atoms with E-state index in [0.717, 1.165) is 19.9 Å². The summed E-state index contributed by atoms with van der Waals surface area (Å²) in [5.74, 6) is -0.911. The topological polar surface area (TPSA) is 86.8 Å². The number of carbonyl (C=O) groups excluding carboxylic acids is 2. The van der Waals surface area contributed by atoms with Crippen molar-refractivity contribution in [3.05, 3.63) is 129 Å². The lowest BCUT2D eigenvalue weighted by molar-refractivity contribution is -0.140. The maximum atomic E-state index is 14.5. The Labute approximate surface area is 283 Å². The molecule has 2 amide bonds. The smallest absolute Gasteiger partial charge is 0.264 e. The first-order valence-electron chi connectivity index (χ1n) is 14.4. The monoisotopic (exact) mass is 729 g/mol. The second-order valence-corrected chi connectivity index (χ2v) is 14.3. The normalized spacial score (nSPS) is 12.6. The van der Waals surface area contributed by atoms with Gasteiger partial charge in [0, 0.05) is 33.5 Å². The molecule has 0 heterocycles. The first-order valence-corrected chi connectivity index (χ1v) is 17.4. The Bertz CT molecular complexity index is 1710. The number of amides is 2. The Balaban J connectivity index is 1.83. The lowest BCUT2D eigenvalue weighted by Crippen LogP contribution is -2.54. The summed E-state index contributed by atoms with van der Waals surface area (Å²) in [7, 11) is -4.26.